The largest absolute Gasteiger partial charge is 0.370 e. The van der Waals surface area contributed by atoms with E-state index < -0.39 is 35.5 Å². The van der Waals surface area contributed by atoms with Gasteiger partial charge in [0.05, 0.1) is 19.5 Å². The maximum Gasteiger partial charge on any atom is 0.343 e. The minimum Gasteiger partial charge on any atom is -0.370 e. The number of nitrogens with zero attached hydrogens (tertiary/aromatic N) is 3. The summed E-state index contributed by atoms with van der Waals surface area (Å²) >= 11 is 0. The zero-order chi connectivity index (χ0) is 26.3. The number of benzene rings is 1. The van der Waals surface area contributed by atoms with Gasteiger partial charge in [0.2, 0.25) is 23.5 Å². The molecule has 5 aliphatic heterocycles. The Hall–Kier alpha value is -4.24. The molecule has 2 saturated heterocycles. The molecule has 1 aromatic carbocycles. The van der Waals surface area contributed by atoms with Crippen molar-refractivity contribution in [1.29, 1.82) is 0 Å². The summed E-state index contributed by atoms with van der Waals surface area (Å²) < 4.78 is 0. The van der Waals surface area contributed by atoms with Gasteiger partial charge in [0.15, 0.2) is 12.0 Å². The third-order valence-corrected chi connectivity index (χ3v) is 7.75. The van der Waals surface area contributed by atoms with E-state index in [4.69, 9.17) is 11.5 Å². The van der Waals surface area contributed by atoms with E-state index in [1.54, 1.807) is 18.2 Å². The number of carbonyl (C=O) groups is 4. The summed E-state index contributed by atoms with van der Waals surface area (Å²) in [4.78, 5) is 59.5. The summed E-state index contributed by atoms with van der Waals surface area (Å²) in [5.41, 5.74) is 11.8. The number of aliphatic hydroxyl groups is 2. The molecule has 6 rings (SSSR count). The van der Waals surface area contributed by atoms with Crippen molar-refractivity contribution in [1.82, 2.24) is 20.4 Å². The Morgan fingerprint density at radius 1 is 1.22 bits per heavy atom. The van der Waals surface area contributed by atoms with Gasteiger partial charge < -0.3 is 26.6 Å². The molecule has 15 nitrogen and oxygen atoms in total. The van der Waals surface area contributed by atoms with E-state index in [0.29, 0.717) is 11.3 Å². The molecule has 15 heteroatoms. The van der Waals surface area contributed by atoms with Gasteiger partial charge in [-0.15, -0.1) is 0 Å². The van der Waals surface area contributed by atoms with E-state index >= 15 is 0 Å². The van der Waals surface area contributed by atoms with Gasteiger partial charge in [-0.1, -0.05) is 6.07 Å². The van der Waals surface area contributed by atoms with Crippen LogP contribution in [0.4, 0.5) is 5.69 Å². The molecular formula is C22H26N9O6+. The third kappa shape index (κ3) is 3.13. The Morgan fingerprint density at radius 2 is 1.95 bits per heavy atom. The number of rotatable bonds is 4. The van der Waals surface area contributed by atoms with Crippen LogP contribution in [0.5, 0.6) is 0 Å². The molecule has 1 unspecified atom stereocenters. The second-order valence-corrected chi connectivity index (χ2v) is 9.80. The first kappa shape index (κ1) is 23.2. The number of likely N-dealkylation sites (tertiary alicyclic amines) is 1. The molecule has 1 aromatic rings. The molecule has 37 heavy (non-hydrogen) atoms. The molecule has 0 aliphatic carbocycles. The zero-order valence-corrected chi connectivity index (χ0v) is 19.5. The fraction of sp³-hybridized carbons (Fsp3) is 0.455. The summed E-state index contributed by atoms with van der Waals surface area (Å²) in [5, 5.41) is 31.3. The number of aliphatic imine (C=N–C) groups is 1. The zero-order valence-electron chi connectivity index (χ0n) is 19.5. The Labute approximate surface area is 209 Å². The number of carbonyl (C=O) groups excluding carboxylic acids is 4. The first-order valence-electron chi connectivity index (χ1n) is 11.8. The third-order valence-electron chi connectivity index (χ3n) is 7.75. The molecule has 10 N–H and O–H groups in total. The number of anilines is 1. The van der Waals surface area contributed by atoms with Gasteiger partial charge in [0.25, 0.3) is 11.6 Å². The van der Waals surface area contributed by atoms with Crippen molar-refractivity contribution in [3.63, 3.8) is 0 Å². The minimum absolute atomic E-state index is 0.00823. The maximum absolute atomic E-state index is 13.3. The summed E-state index contributed by atoms with van der Waals surface area (Å²) in [6.07, 6.45) is 0.210. The summed E-state index contributed by atoms with van der Waals surface area (Å²) in [7, 11) is 0. The van der Waals surface area contributed by atoms with Gasteiger partial charge in [-0.2, -0.15) is 0 Å². The number of imide groups is 1. The van der Waals surface area contributed by atoms with Crippen LogP contribution >= 0.6 is 0 Å². The summed E-state index contributed by atoms with van der Waals surface area (Å²) in [6.45, 7) is -0.280. The Balaban J connectivity index is 1.32. The Bertz CT molecular complexity index is 1310. The van der Waals surface area contributed by atoms with Crippen LogP contribution < -0.4 is 32.4 Å². The van der Waals surface area contributed by atoms with E-state index in [1.165, 1.54) is 4.90 Å². The lowest BCUT2D eigenvalue weighted by Gasteiger charge is -2.46. The van der Waals surface area contributed by atoms with Gasteiger partial charge in [-0.05, 0) is 17.7 Å². The van der Waals surface area contributed by atoms with Crippen molar-refractivity contribution < 1.29 is 34.4 Å². The highest BCUT2D eigenvalue weighted by atomic mass is 16.5. The number of nitrogens with two attached hydrogens (primary N) is 2. The van der Waals surface area contributed by atoms with Crippen LogP contribution in [0.3, 0.4) is 0 Å². The Kier molecular flexibility index (Phi) is 4.78. The molecule has 4 atom stereocenters. The monoisotopic (exact) mass is 512 g/mol. The fourth-order valence-electron chi connectivity index (χ4n) is 6.03. The van der Waals surface area contributed by atoms with Gasteiger partial charge in [-0.3, -0.25) is 39.7 Å². The number of hydrogen-bond donors (Lipinski definition) is 8. The van der Waals surface area contributed by atoms with Crippen LogP contribution in [0.25, 0.3) is 0 Å². The van der Waals surface area contributed by atoms with Crippen molar-refractivity contribution in [2.45, 2.75) is 48.8 Å². The first-order chi connectivity index (χ1) is 17.5. The van der Waals surface area contributed by atoms with E-state index in [9.17, 15) is 29.4 Å². The van der Waals surface area contributed by atoms with E-state index in [2.05, 4.69) is 25.9 Å². The molecule has 2 fully saturated rings. The molecule has 5 heterocycles. The van der Waals surface area contributed by atoms with Gasteiger partial charge in [0, 0.05) is 24.1 Å². The van der Waals surface area contributed by atoms with Crippen molar-refractivity contribution in [3.05, 3.63) is 29.3 Å². The lowest BCUT2D eigenvalue weighted by Crippen LogP contribution is -2.90. The van der Waals surface area contributed by atoms with Crippen molar-refractivity contribution in [2.75, 3.05) is 18.4 Å². The first-order valence-corrected chi connectivity index (χ1v) is 11.8. The van der Waals surface area contributed by atoms with Crippen LogP contribution in [0.15, 0.2) is 23.2 Å². The van der Waals surface area contributed by atoms with Crippen molar-refractivity contribution in [3.8, 4) is 0 Å². The van der Waals surface area contributed by atoms with Crippen LogP contribution in [-0.4, -0.2) is 98.2 Å². The average Bonchev–Trinajstić information content (AvgIpc) is 3.54. The second kappa shape index (κ2) is 7.63. The van der Waals surface area contributed by atoms with Crippen molar-refractivity contribution >= 4 is 41.2 Å². The van der Waals surface area contributed by atoms with Crippen LogP contribution in [0.2, 0.25) is 0 Å². The molecule has 194 valence electrons. The van der Waals surface area contributed by atoms with Crippen LogP contribution in [0.1, 0.15) is 28.8 Å². The number of hydrogen-bond acceptors (Lipinski definition) is 11. The number of amides is 4. The predicted molar refractivity (Wildman–Crippen MR) is 125 cm³/mol. The van der Waals surface area contributed by atoms with E-state index in [1.807, 2.05) is 0 Å². The SMILES string of the molecule is NC1=N[C@@H](CN2C(=O)CCC2=O)[C@@H]2[NH+]=C(N)N[C@]23N1CC(NC(=O)c1cccc2c1CC(=O)N2)C3(O)O. The smallest absolute Gasteiger partial charge is 0.343 e. The minimum atomic E-state index is -2.65. The van der Waals surface area contributed by atoms with E-state index in [0.717, 1.165) is 4.90 Å². The molecule has 0 saturated carbocycles. The molecule has 0 bridgehead atoms. The molecular weight excluding hydrogens is 486 g/mol. The molecule has 5 aliphatic rings. The van der Waals surface area contributed by atoms with Gasteiger partial charge in [-0.25, -0.2) is 10.3 Å². The van der Waals surface area contributed by atoms with Crippen LogP contribution in [0, 0.1) is 0 Å². The second-order valence-electron chi connectivity index (χ2n) is 9.80. The normalized spacial score (nSPS) is 31.3. The van der Waals surface area contributed by atoms with E-state index in [-0.39, 0.29) is 67.6 Å². The van der Waals surface area contributed by atoms with Gasteiger partial charge in [0.1, 0.15) is 12.1 Å². The number of nitrogens with one attached hydrogen (secondary N) is 4. The molecule has 0 aromatic heterocycles. The Morgan fingerprint density at radius 3 is 2.68 bits per heavy atom. The average molecular weight is 513 g/mol. The quantitative estimate of drug-likeness (QED) is 0.141. The maximum atomic E-state index is 13.3. The lowest BCUT2D eigenvalue weighted by atomic mass is 9.84. The molecule has 4 amide bonds. The molecule has 1 spiro atoms. The summed E-state index contributed by atoms with van der Waals surface area (Å²) in [6, 6.07) is 1.78. The van der Waals surface area contributed by atoms with Gasteiger partial charge >= 0.3 is 5.96 Å². The standard InChI is InChI=1S/C22H25N9O6/c23-19-28-17-12(7-30-15(33)4-5-16(30)34)26-20(24)31-8-13(22(36,37)21(17,31)29-19)27-18(35)9-2-1-3-11-10(9)6-14(32)25-11/h1-3,12-13,17,36-37H,4-8H2,(H2,24,26)(H,25,32)(H,27,35)(H3,23,28,29)/p+1/t12-,13?,17-,21-/m0/s1. The summed E-state index contributed by atoms with van der Waals surface area (Å²) in [5.74, 6) is -4.27. The highest BCUT2D eigenvalue weighted by Crippen LogP contribution is 2.41. The fourth-order valence-corrected chi connectivity index (χ4v) is 6.03. The highest BCUT2D eigenvalue weighted by Gasteiger charge is 2.76. The lowest BCUT2D eigenvalue weighted by molar-refractivity contribution is -0.521. The highest BCUT2D eigenvalue weighted by molar-refractivity contribution is 6.06. The molecule has 0 radical (unpaired) electrons. The number of fused-ring (bicyclic) bond motifs is 1. The number of guanidine groups is 2. The van der Waals surface area contributed by atoms with Crippen LogP contribution in [-0.2, 0) is 20.8 Å². The van der Waals surface area contributed by atoms with Crippen molar-refractivity contribution in [2.24, 2.45) is 16.5 Å². The predicted octanol–water partition coefficient (Wildman–Crippen LogP) is -5.81. The topological polar surface area (TPSA) is 230 Å².